The zero-order valence-corrected chi connectivity index (χ0v) is 10.8. The molecule has 1 rings (SSSR count). The summed E-state index contributed by atoms with van der Waals surface area (Å²) in [5, 5.41) is 0. The lowest BCUT2D eigenvalue weighted by atomic mass is 10.1. The van der Waals surface area contributed by atoms with E-state index < -0.39 is 17.6 Å². The Hall–Kier alpha value is -0.490. The lowest BCUT2D eigenvalue weighted by Crippen LogP contribution is -2.08. The first-order valence-corrected chi connectivity index (χ1v) is 5.44. The first-order valence-electron chi connectivity index (χ1n) is 3.86. The summed E-state index contributed by atoms with van der Waals surface area (Å²) in [7, 11) is 1.18. The molecule has 0 heterocycles. The van der Waals surface area contributed by atoms with Crippen molar-refractivity contribution in [2.75, 3.05) is 7.11 Å². The summed E-state index contributed by atoms with van der Waals surface area (Å²) < 4.78 is 31.0. The van der Waals surface area contributed by atoms with Gasteiger partial charge in [0.05, 0.1) is 22.5 Å². The molecule has 0 amide bonds. The Balaban J connectivity index is 3.21. The zero-order chi connectivity index (χ0) is 11.6. The van der Waals surface area contributed by atoms with Gasteiger partial charge in [-0.1, -0.05) is 0 Å². The van der Waals surface area contributed by atoms with E-state index in [0.717, 1.165) is 6.07 Å². The second kappa shape index (κ2) is 5.03. The van der Waals surface area contributed by atoms with Gasteiger partial charge in [-0.25, -0.2) is 8.78 Å². The molecule has 0 radical (unpaired) electrons. The Labute approximate surface area is 102 Å². The SMILES string of the molecule is COC(=O)Cc1c(F)c(Br)cc(F)c1Br. The first-order chi connectivity index (χ1) is 6.97. The normalized spacial score (nSPS) is 10.2. The van der Waals surface area contributed by atoms with E-state index in [1.54, 1.807) is 0 Å². The van der Waals surface area contributed by atoms with Crippen molar-refractivity contribution in [3.8, 4) is 0 Å². The molecule has 0 N–H and O–H groups in total. The summed E-state index contributed by atoms with van der Waals surface area (Å²) in [5.41, 5.74) is -0.0614. The molecule has 0 saturated heterocycles. The Morgan fingerprint density at radius 2 is 2.07 bits per heavy atom. The van der Waals surface area contributed by atoms with Crippen LogP contribution in [0.4, 0.5) is 8.78 Å². The van der Waals surface area contributed by atoms with Gasteiger partial charge in [-0.2, -0.15) is 0 Å². The van der Waals surface area contributed by atoms with Crippen LogP contribution in [-0.2, 0) is 16.0 Å². The van der Waals surface area contributed by atoms with Crippen molar-refractivity contribution in [1.82, 2.24) is 0 Å². The average molecular weight is 344 g/mol. The highest BCUT2D eigenvalue weighted by Crippen LogP contribution is 2.29. The van der Waals surface area contributed by atoms with Gasteiger partial charge in [0.15, 0.2) is 0 Å². The number of benzene rings is 1. The Kier molecular flexibility index (Phi) is 4.21. The van der Waals surface area contributed by atoms with Gasteiger partial charge < -0.3 is 4.74 Å². The number of hydrogen-bond donors (Lipinski definition) is 0. The average Bonchev–Trinajstić information content (AvgIpc) is 2.21. The first kappa shape index (κ1) is 12.6. The van der Waals surface area contributed by atoms with E-state index in [2.05, 4.69) is 36.6 Å². The number of carbonyl (C=O) groups excluding carboxylic acids is 1. The molecule has 0 aliphatic rings. The summed E-state index contributed by atoms with van der Waals surface area (Å²) in [6.45, 7) is 0. The number of halogens is 4. The van der Waals surface area contributed by atoms with Crippen LogP contribution in [0.1, 0.15) is 5.56 Å². The quantitative estimate of drug-likeness (QED) is 0.609. The minimum absolute atomic E-state index is 0.0258. The Morgan fingerprint density at radius 1 is 1.47 bits per heavy atom. The van der Waals surface area contributed by atoms with Crippen LogP contribution in [0.25, 0.3) is 0 Å². The van der Waals surface area contributed by atoms with Crippen LogP contribution in [-0.4, -0.2) is 13.1 Å². The van der Waals surface area contributed by atoms with Crippen molar-refractivity contribution in [3.05, 3.63) is 32.2 Å². The van der Waals surface area contributed by atoms with Gasteiger partial charge in [-0.15, -0.1) is 0 Å². The van der Waals surface area contributed by atoms with Crippen molar-refractivity contribution in [3.63, 3.8) is 0 Å². The lowest BCUT2D eigenvalue weighted by molar-refractivity contribution is -0.139. The van der Waals surface area contributed by atoms with Crippen LogP contribution in [0.15, 0.2) is 15.0 Å². The number of ether oxygens (including phenoxy) is 1. The van der Waals surface area contributed by atoms with Crippen LogP contribution >= 0.6 is 31.9 Å². The predicted molar refractivity (Wildman–Crippen MR) is 57.5 cm³/mol. The van der Waals surface area contributed by atoms with E-state index in [4.69, 9.17) is 0 Å². The molecule has 0 saturated carbocycles. The van der Waals surface area contributed by atoms with Gasteiger partial charge in [0.2, 0.25) is 0 Å². The highest BCUT2D eigenvalue weighted by molar-refractivity contribution is 9.11. The molecule has 0 aliphatic heterocycles. The van der Waals surface area contributed by atoms with Gasteiger partial charge in [-0.05, 0) is 37.9 Å². The van der Waals surface area contributed by atoms with Crippen molar-refractivity contribution in [2.24, 2.45) is 0 Å². The minimum Gasteiger partial charge on any atom is -0.469 e. The minimum atomic E-state index is -0.673. The number of methoxy groups -OCH3 is 1. The van der Waals surface area contributed by atoms with Crippen molar-refractivity contribution in [1.29, 1.82) is 0 Å². The number of rotatable bonds is 2. The fraction of sp³-hybridized carbons (Fsp3) is 0.222. The van der Waals surface area contributed by atoms with E-state index in [1.165, 1.54) is 7.11 Å². The zero-order valence-electron chi connectivity index (χ0n) is 7.61. The topological polar surface area (TPSA) is 26.3 Å². The molecule has 1 aromatic rings. The highest BCUT2D eigenvalue weighted by Gasteiger charge is 2.18. The third-order valence-electron chi connectivity index (χ3n) is 1.75. The standard InChI is InChI=1S/C9H6Br2F2O2/c1-15-7(14)2-4-8(11)6(12)3-5(10)9(4)13/h3H,2H2,1H3. The van der Waals surface area contributed by atoms with E-state index in [9.17, 15) is 13.6 Å². The molecule has 2 nitrogen and oxygen atoms in total. The Bertz CT molecular complexity index is 381. The molecule has 0 unspecified atom stereocenters. The molecule has 0 aromatic heterocycles. The van der Waals surface area contributed by atoms with Crippen molar-refractivity contribution >= 4 is 37.8 Å². The molecule has 0 bridgehead atoms. The van der Waals surface area contributed by atoms with Gasteiger partial charge in [0.1, 0.15) is 11.6 Å². The van der Waals surface area contributed by atoms with Crippen molar-refractivity contribution < 1.29 is 18.3 Å². The molecule has 0 fully saturated rings. The third kappa shape index (κ3) is 2.75. The van der Waals surface area contributed by atoms with Crippen LogP contribution < -0.4 is 0 Å². The fourth-order valence-electron chi connectivity index (χ4n) is 0.994. The molecular formula is C9H6Br2F2O2. The number of esters is 1. The largest absolute Gasteiger partial charge is 0.469 e. The van der Waals surface area contributed by atoms with Gasteiger partial charge in [0.25, 0.3) is 0 Å². The maximum absolute atomic E-state index is 13.5. The van der Waals surface area contributed by atoms with Crippen LogP contribution in [0, 0.1) is 11.6 Å². The molecule has 6 heteroatoms. The molecule has 82 valence electrons. The maximum Gasteiger partial charge on any atom is 0.310 e. The third-order valence-corrected chi connectivity index (χ3v) is 3.19. The summed E-state index contributed by atoms with van der Waals surface area (Å²) >= 11 is 5.73. The molecule has 0 aliphatic carbocycles. The molecule has 1 aromatic carbocycles. The van der Waals surface area contributed by atoms with Crippen LogP contribution in [0.3, 0.4) is 0 Å². The second-order valence-electron chi connectivity index (χ2n) is 2.70. The highest BCUT2D eigenvalue weighted by atomic mass is 79.9. The molecular weight excluding hydrogens is 338 g/mol. The summed E-state index contributed by atoms with van der Waals surface area (Å²) in [6.07, 6.45) is -0.320. The van der Waals surface area contributed by atoms with Gasteiger partial charge >= 0.3 is 5.97 Å². The van der Waals surface area contributed by atoms with E-state index in [-0.39, 0.29) is 20.9 Å². The number of carbonyl (C=O) groups is 1. The number of hydrogen-bond acceptors (Lipinski definition) is 2. The van der Waals surface area contributed by atoms with E-state index in [1.807, 2.05) is 0 Å². The van der Waals surface area contributed by atoms with Gasteiger partial charge in [0, 0.05) is 5.56 Å². The monoisotopic (exact) mass is 342 g/mol. The Morgan fingerprint density at radius 3 is 2.60 bits per heavy atom. The fourth-order valence-corrected chi connectivity index (χ4v) is 1.86. The van der Waals surface area contributed by atoms with E-state index in [0.29, 0.717) is 0 Å². The van der Waals surface area contributed by atoms with E-state index >= 15 is 0 Å². The molecule has 0 spiro atoms. The summed E-state index contributed by atoms with van der Waals surface area (Å²) in [6, 6.07) is 0.986. The summed E-state index contributed by atoms with van der Waals surface area (Å²) in [5.74, 6) is -1.94. The maximum atomic E-state index is 13.5. The summed E-state index contributed by atoms with van der Waals surface area (Å²) in [4.78, 5) is 11.0. The van der Waals surface area contributed by atoms with Crippen molar-refractivity contribution in [2.45, 2.75) is 6.42 Å². The van der Waals surface area contributed by atoms with Crippen LogP contribution in [0.5, 0.6) is 0 Å². The lowest BCUT2D eigenvalue weighted by Gasteiger charge is -2.07. The molecule has 15 heavy (non-hydrogen) atoms. The van der Waals surface area contributed by atoms with Gasteiger partial charge in [-0.3, -0.25) is 4.79 Å². The smallest absolute Gasteiger partial charge is 0.310 e. The predicted octanol–water partition coefficient (Wildman–Crippen LogP) is 3.21. The van der Waals surface area contributed by atoms with Crippen LogP contribution in [0.2, 0.25) is 0 Å². The second-order valence-corrected chi connectivity index (χ2v) is 4.35. The molecule has 0 atom stereocenters.